The highest BCUT2D eigenvalue weighted by molar-refractivity contribution is 6.05. The van der Waals surface area contributed by atoms with Crippen molar-refractivity contribution >= 4 is 17.5 Å². The quantitative estimate of drug-likeness (QED) is 0.425. The normalized spacial score (nSPS) is 28.7. The van der Waals surface area contributed by atoms with Gasteiger partial charge in [-0.2, -0.15) is 5.06 Å². The monoisotopic (exact) mass is 488 g/mol. The van der Waals surface area contributed by atoms with Gasteiger partial charge in [-0.15, -0.1) is 0 Å². The molecular weight excluding hydrogens is 452 g/mol. The first-order valence-corrected chi connectivity index (χ1v) is 13.6. The fraction of sp³-hybridized carbons (Fsp3) is 0.533. The molecule has 4 aliphatic carbocycles. The molecule has 5 aliphatic rings. The molecule has 1 heterocycles. The molecule has 6 heteroatoms. The third kappa shape index (κ3) is 4.09. The molecule has 5 fully saturated rings. The van der Waals surface area contributed by atoms with Crippen LogP contribution in [0.4, 0.5) is 5.69 Å². The Morgan fingerprint density at radius 3 is 2.06 bits per heavy atom. The summed E-state index contributed by atoms with van der Waals surface area (Å²) < 4.78 is 5.78. The van der Waals surface area contributed by atoms with Crippen LogP contribution >= 0.6 is 0 Å². The topological polar surface area (TPSA) is 70.1 Å². The molecule has 0 spiro atoms. The number of carbonyl (C=O) groups excluding carboxylic acids is 2. The summed E-state index contributed by atoms with van der Waals surface area (Å²) in [6.45, 7) is 1.57. The van der Waals surface area contributed by atoms with E-state index in [-0.39, 0.29) is 11.3 Å². The highest BCUT2D eigenvalue weighted by atomic mass is 16.5. The van der Waals surface area contributed by atoms with E-state index in [1.54, 1.807) is 37.4 Å². The molecule has 0 radical (unpaired) electrons. The van der Waals surface area contributed by atoms with Gasteiger partial charge in [0, 0.05) is 29.8 Å². The third-order valence-electron chi connectivity index (χ3n) is 9.25. The summed E-state index contributed by atoms with van der Waals surface area (Å²) in [5.74, 6) is 2.71. The minimum Gasteiger partial charge on any atom is -0.496 e. The van der Waals surface area contributed by atoms with E-state index in [1.807, 2.05) is 17.0 Å². The van der Waals surface area contributed by atoms with Crippen LogP contribution in [0.5, 0.6) is 5.75 Å². The molecule has 190 valence electrons. The number of anilines is 1. The zero-order valence-electron chi connectivity index (χ0n) is 21.1. The van der Waals surface area contributed by atoms with Crippen molar-refractivity contribution < 1.29 is 19.5 Å². The van der Waals surface area contributed by atoms with Gasteiger partial charge in [-0.3, -0.25) is 14.8 Å². The third-order valence-corrected chi connectivity index (χ3v) is 9.25. The van der Waals surface area contributed by atoms with Gasteiger partial charge in [0.25, 0.3) is 11.8 Å². The average Bonchev–Trinajstić information content (AvgIpc) is 2.91. The zero-order valence-corrected chi connectivity index (χ0v) is 21.1. The van der Waals surface area contributed by atoms with E-state index in [4.69, 9.17) is 4.74 Å². The molecule has 0 unspecified atom stereocenters. The van der Waals surface area contributed by atoms with Crippen molar-refractivity contribution in [1.82, 2.24) is 4.90 Å². The molecule has 0 aromatic heterocycles. The lowest BCUT2D eigenvalue weighted by Crippen LogP contribution is -2.48. The summed E-state index contributed by atoms with van der Waals surface area (Å²) in [6.07, 6.45) is 10.8. The fourth-order valence-corrected chi connectivity index (χ4v) is 7.96. The summed E-state index contributed by atoms with van der Waals surface area (Å²) >= 11 is 0. The first-order chi connectivity index (χ1) is 17.5. The van der Waals surface area contributed by atoms with Crippen molar-refractivity contribution in [2.24, 2.45) is 17.8 Å². The molecule has 6 nitrogen and oxygen atoms in total. The van der Waals surface area contributed by atoms with E-state index in [2.05, 4.69) is 0 Å². The Bertz CT molecular complexity index is 1120. The van der Waals surface area contributed by atoms with Crippen LogP contribution in [0.1, 0.15) is 84.1 Å². The van der Waals surface area contributed by atoms with Gasteiger partial charge in [0.05, 0.1) is 12.8 Å². The number of benzene rings is 2. The number of hydroxylamine groups is 1. The van der Waals surface area contributed by atoms with Crippen LogP contribution in [0.15, 0.2) is 42.5 Å². The number of methoxy groups -OCH3 is 1. The number of ether oxygens (including phenoxy) is 1. The van der Waals surface area contributed by atoms with Crippen LogP contribution in [-0.2, 0) is 5.41 Å². The lowest BCUT2D eigenvalue weighted by Gasteiger charge is -2.57. The lowest BCUT2D eigenvalue weighted by atomic mass is 9.48. The van der Waals surface area contributed by atoms with Crippen LogP contribution in [0, 0.1) is 17.8 Å². The largest absolute Gasteiger partial charge is 0.496 e. The maximum absolute atomic E-state index is 13.3. The highest BCUT2D eigenvalue weighted by Gasteiger charge is 2.52. The van der Waals surface area contributed by atoms with E-state index >= 15 is 0 Å². The van der Waals surface area contributed by atoms with E-state index in [9.17, 15) is 14.8 Å². The fourth-order valence-electron chi connectivity index (χ4n) is 7.96. The summed E-state index contributed by atoms with van der Waals surface area (Å²) in [5.41, 5.74) is 2.59. The Hall–Kier alpha value is -2.86. The average molecular weight is 489 g/mol. The second kappa shape index (κ2) is 9.22. The molecule has 7 rings (SSSR count). The first-order valence-electron chi connectivity index (χ1n) is 13.6. The minimum atomic E-state index is -0.473. The van der Waals surface area contributed by atoms with E-state index < -0.39 is 5.91 Å². The van der Waals surface area contributed by atoms with Crippen LogP contribution in [0.2, 0.25) is 0 Å². The Morgan fingerprint density at radius 1 is 0.889 bits per heavy atom. The van der Waals surface area contributed by atoms with Gasteiger partial charge in [-0.25, -0.2) is 0 Å². The number of hydrogen-bond donors (Lipinski definition) is 1. The smallest absolute Gasteiger partial charge is 0.281 e. The maximum Gasteiger partial charge on any atom is 0.281 e. The molecular formula is C30H36N2O4. The molecule has 1 N–H and O–H groups in total. The number of likely N-dealkylation sites (tertiary alicyclic amines) is 1. The molecule has 2 amide bonds. The Kier molecular flexibility index (Phi) is 6.03. The van der Waals surface area contributed by atoms with Crippen LogP contribution < -0.4 is 9.80 Å². The van der Waals surface area contributed by atoms with Gasteiger partial charge >= 0.3 is 0 Å². The summed E-state index contributed by atoms with van der Waals surface area (Å²) in [7, 11) is 1.70. The lowest BCUT2D eigenvalue weighted by molar-refractivity contribution is -0.00618. The van der Waals surface area contributed by atoms with Gasteiger partial charge in [-0.05, 0) is 123 Å². The highest BCUT2D eigenvalue weighted by Crippen LogP contribution is 2.62. The van der Waals surface area contributed by atoms with Gasteiger partial charge in [0.1, 0.15) is 5.75 Å². The Balaban J connectivity index is 1.23. The van der Waals surface area contributed by atoms with E-state index in [0.29, 0.717) is 21.9 Å². The SMILES string of the molecule is COc1ccc(C(=O)N(O)c2ccc(C(=O)N3CCCCC3)cc2)cc1C12CC3CC(CC(C3)C1)C2. The van der Waals surface area contributed by atoms with Crippen molar-refractivity contribution in [3.63, 3.8) is 0 Å². The molecule has 2 aromatic carbocycles. The van der Waals surface area contributed by atoms with Gasteiger partial charge in [-0.1, -0.05) is 0 Å². The molecule has 0 atom stereocenters. The summed E-state index contributed by atoms with van der Waals surface area (Å²) in [4.78, 5) is 28.0. The zero-order chi connectivity index (χ0) is 24.9. The number of carbonyl (C=O) groups is 2. The van der Waals surface area contributed by atoms with Crippen molar-refractivity contribution in [3.05, 3.63) is 59.2 Å². The molecule has 36 heavy (non-hydrogen) atoms. The second-order valence-electron chi connectivity index (χ2n) is 11.6. The second-order valence-corrected chi connectivity index (χ2v) is 11.6. The number of amides is 2. The van der Waals surface area contributed by atoms with Gasteiger partial charge < -0.3 is 9.64 Å². The number of hydrogen-bond acceptors (Lipinski definition) is 4. The first kappa shape index (κ1) is 23.5. The summed E-state index contributed by atoms with van der Waals surface area (Å²) in [5, 5.41) is 11.5. The van der Waals surface area contributed by atoms with Crippen molar-refractivity contribution in [2.75, 3.05) is 25.3 Å². The van der Waals surface area contributed by atoms with Crippen LogP contribution in [0.3, 0.4) is 0 Å². The molecule has 4 saturated carbocycles. The molecule has 1 aliphatic heterocycles. The predicted molar refractivity (Wildman–Crippen MR) is 138 cm³/mol. The standard InChI is InChI=1S/C30H36N2O4/c1-36-27-10-7-24(16-26(27)30-17-20-13-21(18-30)15-22(14-20)19-30)29(34)32(35)25-8-5-23(6-9-25)28(33)31-11-3-2-4-12-31/h5-10,16,20-22,35H,2-4,11-15,17-19H2,1H3. The van der Waals surface area contributed by atoms with E-state index in [1.165, 1.54) is 44.9 Å². The number of piperidine rings is 1. The molecule has 4 bridgehead atoms. The van der Waals surface area contributed by atoms with E-state index in [0.717, 1.165) is 55.0 Å². The minimum absolute atomic E-state index is 0.00688. The van der Waals surface area contributed by atoms with Gasteiger partial charge in [0.15, 0.2) is 0 Å². The van der Waals surface area contributed by atoms with Crippen molar-refractivity contribution in [3.8, 4) is 5.75 Å². The van der Waals surface area contributed by atoms with Gasteiger partial charge in [0.2, 0.25) is 0 Å². The number of rotatable bonds is 5. The summed E-state index contributed by atoms with van der Waals surface area (Å²) in [6, 6.07) is 12.2. The molecule has 1 saturated heterocycles. The van der Waals surface area contributed by atoms with Crippen LogP contribution in [-0.4, -0.2) is 42.1 Å². The predicted octanol–water partition coefficient (Wildman–Crippen LogP) is 5.83. The maximum atomic E-state index is 13.3. The van der Waals surface area contributed by atoms with Crippen molar-refractivity contribution in [1.29, 1.82) is 0 Å². The molecule has 2 aromatic rings. The Morgan fingerprint density at radius 2 is 1.47 bits per heavy atom. The Labute approximate surface area is 213 Å². The van der Waals surface area contributed by atoms with Crippen LogP contribution in [0.25, 0.3) is 0 Å². The van der Waals surface area contributed by atoms with Crippen molar-refractivity contribution in [2.45, 2.75) is 63.2 Å². The number of nitrogens with zero attached hydrogens (tertiary/aromatic N) is 2.